The van der Waals surface area contributed by atoms with Gasteiger partial charge in [0, 0.05) is 6.42 Å². The molecule has 0 rings (SSSR count). The molecule has 4 heteroatoms. The summed E-state index contributed by atoms with van der Waals surface area (Å²) in [6, 6.07) is -0.534. The van der Waals surface area contributed by atoms with Gasteiger partial charge in [0.25, 0.3) is 0 Å². The minimum atomic E-state index is -0.657. The Balaban J connectivity index is 3.45. The summed E-state index contributed by atoms with van der Waals surface area (Å²) in [7, 11) is 0. The summed E-state index contributed by atoms with van der Waals surface area (Å²) >= 11 is 0. The maximum absolute atomic E-state index is 12.4. The van der Waals surface area contributed by atoms with Gasteiger partial charge in [0.05, 0.1) is 18.8 Å². The Labute approximate surface area is 345 Å². The van der Waals surface area contributed by atoms with Gasteiger partial charge in [0.15, 0.2) is 0 Å². The second kappa shape index (κ2) is 47.2. The van der Waals surface area contributed by atoms with Crippen molar-refractivity contribution in [2.75, 3.05) is 6.61 Å². The van der Waals surface area contributed by atoms with Gasteiger partial charge in [0.2, 0.25) is 5.91 Å². The normalized spacial score (nSPS) is 13.0. The number of aliphatic hydroxyl groups is 2. The van der Waals surface area contributed by atoms with E-state index in [0.717, 1.165) is 32.1 Å². The van der Waals surface area contributed by atoms with Gasteiger partial charge in [-0.15, -0.1) is 0 Å². The molecule has 4 nitrogen and oxygen atoms in total. The lowest BCUT2D eigenvalue weighted by Gasteiger charge is -2.22. The lowest BCUT2D eigenvalue weighted by atomic mass is 10.0. The Hall–Kier alpha value is -1.13. The zero-order valence-corrected chi connectivity index (χ0v) is 37.5. The first-order chi connectivity index (χ1) is 27.2. The topological polar surface area (TPSA) is 69.6 Å². The molecule has 1 amide bonds. The van der Waals surface area contributed by atoms with Crippen LogP contribution in [0.25, 0.3) is 0 Å². The summed E-state index contributed by atoms with van der Waals surface area (Å²) in [5.74, 6) is -0.0297. The minimum Gasteiger partial charge on any atom is -0.394 e. The molecule has 0 radical (unpaired) electrons. The molecule has 0 heterocycles. The largest absolute Gasteiger partial charge is 0.394 e. The average Bonchev–Trinajstić information content (AvgIpc) is 3.19. The van der Waals surface area contributed by atoms with Crippen LogP contribution in [0.1, 0.15) is 277 Å². The van der Waals surface area contributed by atoms with E-state index >= 15 is 0 Å². The maximum atomic E-state index is 12.4. The molecule has 0 saturated heterocycles. The van der Waals surface area contributed by atoms with E-state index in [9.17, 15) is 15.0 Å². The van der Waals surface area contributed by atoms with Gasteiger partial charge in [-0.1, -0.05) is 250 Å². The second-order valence-electron chi connectivity index (χ2n) is 17.2. The molecule has 2 unspecified atom stereocenters. The fourth-order valence-corrected chi connectivity index (χ4v) is 7.86. The lowest BCUT2D eigenvalue weighted by Crippen LogP contribution is -2.45. The fraction of sp³-hybridized carbons (Fsp3) is 0.902. The molecule has 326 valence electrons. The molecule has 0 aliphatic rings. The average molecular weight is 774 g/mol. The smallest absolute Gasteiger partial charge is 0.220 e. The van der Waals surface area contributed by atoms with Gasteiger partial charge in [-0.05, 0) is 44.9 Å². The molecule has 2 atom stereocenters. The first-order valence-electron chi connectivity index (χ1n) is 25.0. The number of amides is 1. The van der Waals surface area contributed by atoms with Crippen LogP contribution in [0.2, 0.25) is 0 Å². The SMILES string of the molecule is CCCCCCCCCCC/C=C\C/C=C\CCCCCCCCCCCCCCCC(=O)NC(CO)C(O)CCCCCCCCCCCCCCCC. The molecule has 3 N–H and O–H groups in total. The maximum Gasteiger partial charge on any atom is 0.220 e. The predicted molar refractivity (Wildman–Crippen MR) is 244 cm³/mol. The minimum absolute atomic E-state index is 0.0297. The van der Waals surface area contributed by atoms with Gasteiger partial charge in [-0.3, -0.25) is 4.79 Å². The molecular weight excluding hydrogens is 675 g/mol. The zero-order chi connectivity index (χ0) is 40.0. The number of rotatable bonds is 46. The van der Waals surface area contributed by atoms with Crippen LogP contribution >= 0.6 is 0 Å². The van der Waals surface area contributed by atoms with Crippen LogP contribution < -0.4 is 5.32 Å². The molecular formula is C51H99NO3. The third-order valence-electron chi connectivity index (χ3n) is 11.7. The van der Waals surface area contributed by atoms with Crippen molar-refractivity contribution in [3.05, 3.63) is 24.3 Å². The van der Waals surface area contributed by atoms with Crippen molar-refractivity contribution in [3.63, 3.8) is 0 Å². The molecule has 0 bridgehead atoms. The molecule has 0 aromatic heterocycles. The summed E-state index contributed by atoms with van der Waals surface area (Å²) in [6.07, 6.45) is 61.4. The summed E-state index contributed by atoms with van der Waals surface area (Å²) < 4.78 is 0. The fourth-order valence-electron chi connectivity index (χ4n) is 7.86. The monoisotopic (exact) mass is 774 g/mol. The number of aliphatic hydroxyl groups excluding tert-OH is 2. The van der Waals surface area contributed by atoms with Crippen molar-refractivity contribution < 1.29 is 15.0 Å². The second-order valence-corrected chi connectivity index (χ2v) is 17.2. The molecule has 0 aromatic rings. The predicted octanol–water partition coefficient (Wildman–Crippen LogP) is 16.0. The number of nitrogens with one attached hydrogen (secondary N) is 1. The number of carbonyl (C=O) groups excluding carboxylic acids is 1. The first-order valence-corrected chi connectivity index (χ1v) is 25.0. The number of allylic oxidation sites excluding steroid dienone is 4. The van der Waals surface area contributed by atoms with E-state index in [2.05, 4.69) is 43.5 Å². The van der Waals surface area contributed by atoms with E-state index in [1.54, 1.807) is 0 Å². The van der Waals surface area contributed by atoms with Crippen molar-refractivity contribution in [3.8, 4) is 0 Å². The highest BCUT2D eigenvalue weighted by Gasteiger charge is 2.20. The molecule has 0 aromatic carbocycles. The van der Waals surface area contributed by atoms with Crippen LogP contribution in [-0.4, -0.2) is 34.9 Å². The Morgan fingerprint density at radius 2 is 0.745 bits per heavy atom. The van der Waals surface area contributed by atoms with Crippen molar-refractivity contribution in [2.24, 2.45) is 0 Å². The number of hydrogen-bond donors (Lipinski definition) is 3. The summed E-state index contributed by atoms with van der Waals surface area (Å²) in [6.45, 7) is 4.37. The zero-order valence-electron chi connectivity index (χ0n) is 37.5. The number of hydrogen-bond acceptors (Lipinski definition) is 3. The van der Waals surface area contributed by atoms with E-state index in [1.165, 1.54) is 218 Å². The van der Waals surface area contributed by atoms with E-state index in [-0.39, 0.29) is 12.5 Å². The van der Waals surface area contributed by atoms with E-state index in [1.807, 2.05) is 0 Å². The standard InChI is InChI=1S/C51H99NO3/c1-3-5-7-9-11-13-15-17-19-20-21-22-23-24-25-26-27-28-29-30-31-32-33-35-37-39-41-43-45-47-51(55)52-49(48-53)50(54)46-44-42-40-38-36-34-18-16-14-12-10-8-6-4-2/h21-22,24-25,49-50,53-54H,3-20,23,26-48H2,1-2H3,(H,52,55)/b22-21-,25-24-. The van der Waals surface area contributed by atoms with Crippen molar-refractivity contribution >= 4 is 5.91 Å². The molecule has 0 saturated carbocycles. The Bertz CT molecular complexity index is 795. The van der Waals surface area contributed by atoms with E-state index < -0.39 is 12.1 Å². The summed E-state index contributed by atoms with van der Waals surface area (Å²) in [5.41, 5.74) is 0. The van der Waals surface area contributed by atoms with Crippen LogP contribution in [0.3, 0.4) is 0 Å². The molecule has 0 spiro atoms. The molecule has 55 heavy (non-hydrogen) atoms. The molecule has 0 fully saturated rings. The van der Waals surface area contributed by atoms with Gasteiger partial charge in [0.1, 0.15) is 0 Å². The summed E-state index contributed by atoms with van der Waals surface area (Å²) in [4.78, 5) is 12.4. The van der Waals surface area contributed by atoms with E-state index in [0.29, 0.717) is 12.8 Å². The number of unbranched alkanes of at least 4 members (excludes halogenated alkanes) is 35. The Morgan fingerprint density at radius 1 is 0.436 bits per heavy atom. The highest BCUT2D eigenvalue weighted by atomic mass is 16.3. The highest BCUT2D eigenvalue weighted by Crippen LogP contribution is 2.16. The third kappa shape index (κ3) is 43.8. The van der Waals surface area contributed by atoms with E-state index in [4.69, 9.17) is 0 Å². The Kier molecular flexibility index (Phi) is 46.3. The first kappa shape index (κ1) is 53.9. The Morgan fingerprint density at radius 3 is 1.09 bits per heavy atom. The van der Waals surface area contributed by atoms with Gasteiger partial charge in [-0.25, -0.2) is 0 Å². The molecule has 0 aliphatic carbocycles. The third-order valence-corrected chi connectivity index (χ3v) is 11.7. The van der Waals surface area contributed by atoms with Crippen LogP contribution in [0, 0.1) is 0 Å². The lowest BCUT2D eigenvalue weighted by molar-refractivity contribution is -0.123. The van der Waals surface area contributed by atoms with Crippen molar-refractivity contribution in [1.82, 2.24) is 5.32 Å². The van der Waals surface area contributed by atoms with Crippen LogP contribution in [0.4, 0.5) is 0 Å². The number of carbonyl (C=O) groups is 1. The van der Waals surface area contributed by atoms with Crippen LogP contribution in [0.15, 0.2) is 24.3 Å². The molecule has 0 aliphatic heterocycles. The van der Waals surface area contributed by atoms with Gasteiger partial charge < -0.3 is 15.5 Å². The van der Waals surface area contributed by atoms with Gasteiger partial charge >= 0.3 is 0 Å². The van der Waals surface area contributed by atoms with Crippen LogP contribution in [0.5, 0.6) is 0 Å². The van der Waals surface area contributed by atoms with Gasteiger partial charge in [-0.2, -0.15) is 0 Å². The quantitative estimate of drug-likeness (QED) is 0.0426. The van der Waals surface area contributed by atoms with Crippen molar-refractivity contribution in [1.29, 1.82) is 0 Å². The van der Waals surface area contributed by atoms with Crippen LogP contribution in [-0.2, 0) is 4.79 Å². The highest BCUT2D eigenvalue weighted by molar-refractivity contribution is 5.76. The summed E-state index contributed by atoms with van der Waals surface area (Å²) in [5, 5.41) is 23.2. The van der Waals surface area contributed by atoms with Crippen molar-refractivity contribution in [2.45, 2.75) is 289 Å².